The van der Waals surface area contributed by atoms with Crippen molar-refractivity contribution in [2.24, 2.45) is 17.6 Å². The van der Waals surface area contributed by atoms with Crippen molar-refractivity contribution in [3.63, 3.8) is 0 Å². The summed E-state index contributed by atoms with van der Waals surface area (Å²) >= 11 is 0. The highest BCUT2D eigenvalue weighted by Gasteiger charge is 2.45. The first-order valence-corrected chi connectivity index (χ1v) is 4.86. The fourth-order valence-electron chi connectivity index (χ4n) is 1.98. The summed E-state index contributed by atoms with van der Waals surface area (Å²) < 4.78 is 48.9. The lowest BCUT2D eigenvalue weighted by Crippen LogP contribution is -2.35. The standard InChI is InChI=1S/C9H15F4N/c10-8(9(11,12)13)7-3-1-6(5-14)2-4-7/h6-8H,1-5,14H2. The molecule has 0 radical (unpaired) electrons. The topological polar surface area (TPSA) is 26.0 Å². The maximum absolute atomic E-state index is 12.9. The second kappa shape index (κ2) is 4.47. The van der Waals surface area contributed by atoms with E-state index in [0.29, 0.717) is 32.2 Å². The molecule has 1 saturated carbocycles. The maximum atomic E-state index is 12.9. The van der Waals surface area contributed by atoms with Gasteiger partial charge in [0, 0.05) is 0 Å². The maximum Gasteiger partial charge on any atom is 0.419 e. The van der Waals surface area contributed by atoms with Crippen molar-refractivity contribution in [3.8, 4) is 0 Å². The fraction of sp³-hybridized carbons (Fsp3) is 1.00. The summed E-state index contributed by atoms with van der Waals surface area (Å²) in [5.74, 6) is -0.565. The van der Waals surface area contributed by atoms with E-state index in [-0.39, 0.29) is 5.92 Å². The highest BCUT2D eigenvalue weighted by Crippen LogP contribution is 2.38. The van der Waals surface area contributed by atoms with Crippen LogP contribution in [0.15, 0.2) is 0 Å². The Kier molecular flexibility index (Phi) is 3.75. The summed E-state index contributed by atoms with van der Waals surface area (Å²) in [5, 5.41) is 0. The van der Waals surface area contributed by atoms with Crippen LogP contribution in [0.5, 0.6) is 0 Å². The van der Waals surface area contributed by atoms with Crippen LogP contribution in [-0.4, -0.2) is 18.9 Å². The van der Waals surface area contributed by atoms with Crippen molar-refractivity contribution in [1.29, 1.82) is 0 Å². The molecule has 0 aromatic carbocycles. The quantitative estimate of drug-likeness (QED) is 0.701. The molecule has 1 fully saturated rings. The largest absolute Gasteiger partial charge is 0.419 e. The first-order valence-electron chi connectivity index (χ1n) is 4.86. The van der Waals surface area contributed by atoms with Gasteiger partial charge in [0.25, 0.3) is 0 Å². The third-order valence-electron chi connectivity index (χ3n) is 2.95. The van der Waals surface area contributed by atoms with Crippen molar-refractivity contribution < 1.29 is 17.6 Å². The van der Waals surface area contributed by atoms with Gasteiger partial charge in [0.15, 0.2) is 6.17 Å². The van der Waals surface area contributed by atoms with E-state index in [1.165, 1.54) is 0 Å². The Balaban J connectivity index is 2.42. The van der Waals surface area contributed by atoms with Gasteiger partial charge >= 0.3 is 6.18 Å². The average Bonchev–Trinajstić information content (AvgIpc) is 2.15. The molecule has 2 N–H and O–H groups in total. The van der Waals surface area contributed by atoms with Crippen LogP contribution in [0.2, 0.25) is 0 Å². The summed E-state index contributed by atoms with van der Waals surface area (Å²) in [7, 11) is 0. The second-order valence-electron chi connectivity index (χ2n) is 3.96. The van der Waals surface area contributed by atoms with E-state index < -0.39 is 18.3 Å². The van der Waals surface area contributed by atoms with Gasteiger partial charge in [-0.05, 0) is 44.1 Å². The lowest BCUT2D eigenvalue weighted by Gasteiger charge is -2.30. The van der Waals surface area contributed by atoms with Gasteiger partial charge in [0.2, 0.25) is 0 Å². The van der Waals surface area contributed by atoms with Crippen molar-refractivity contribution >= 4 is 0 Å². The Morgan fingerprint density at radius 1 is 1.14 bits per heavy atom. The molecule has 84 valence electrons. The average molecular weight is 213 g/mol. The van der Waals surface area contributed by atoms with Gasteiger partial charge in [0.1, 0.15) is 0 Å². The minimum atomic E-state index is -4.69. The zero-order valence-corrected chi connectivity index (χ0v) is 7.86. The molecule has 1 nitrogen and oxygen atoms in total. The molecular weight excluding hydrogens is 198 g/mol. The monoisotopic (exact) mass is 213 g/mol. The minimum Gasteiger partial charge on any atom is -0.330 e. The number of hydrogen-bond acceptors (Lipinski definition) is 1. The third-order valence-corrected chi connectivity index (χ3v) is 2.95. The molecular formula is C9H15F4N. The molecule has 0 saturated heterocycles. The first kappa shape index (κ1) is 11.8. The Hall–Kier alpha value is -0.320. The zero-order valence-electron chi connectivity index (χ0n) is 7.86. The predicted molar refractivity (Wildman–Crippen MR) is 45.5 cm³/mol. The number of hydrogen-bond donors (Lipinski definition) is 1. The lowest BCUT2D eigenvalue weighted by atomic mass is 9.80. The molecule has 1 atom stereocenters. The highest BCUT2D eigenvalue weighted by atomic mass is 19.4. The van der Waals surface area contributed by atoms with Crippen LogP contribution in [0.25, 0.3) is 0 Å². The van der Waals surface area contributed by atoms with Crippen LogP contribution in [0, 0.1) is 11.8 Å². The van der Waals surface area contributed by atoms with Gasteiger partial charge in [-0.15, -0.1) is 0 Å². The van der Waals surface area contributed by atoms with Crippen LogP contribution in [0.3, 0.4) is 0 Å². The van der Waals surface area contributed by atoms with Gasteiger partial charge in [-0.3, -0.25) is 0 Å². The summed E-state index contributed by atoms with van der Waals surface area (Å²) in [6, 6.07) is 0. The normalized spacial score (nSPS) is 31.5. The Bertz CT molecular complexity index is 172. The van der Waals surface area contributed by atoms with Crippen molar-refractivity contribution in [2.45, 2.75) is 38.0 Å². The molecule has 1 aliphatic rings. The van der Waals surface area contributed by atoms with Gasteiger partial charge < -0.3 is 5.73 Å². The van der Waals surface area contributed by atoms with E-state index in [2.05, 4.69) is 0 Å². The van der Waals surface area contributed by atoms with Gasteiger partial charge in [-0.1, -0.05) is 0 Å². The van der Waals surface area contributed by atoms with Gasteiger partial charge in [-0.25, -0.2) is 4.39 Å². The summed E-state index contributed by atoms with van der Waals surface area (Å²) in [6.07, 6.45) is -5.48. The van der Waals surface area contributed by atoms with E-state index in [1.807, 2.05) is 0 Å². The molecule has 0 amide bonds. The molecule has 0 bridgehead atoms. The third kappa shape index (κ3) is 2.83. The lowest BCUT2D eigenvalue weighted by molar-refractivity contribution is -0.197. The van der Waals surface area contributed by atoms with E-state index in [4.69, 9.17) is 5.73 Å². The Morgan fingerprint density at radius 2 is 1.64 bits per heavy atom. The van der Waals surface area contributed by atoms with E-state index in [1.54, 1.807) is 0 Å². The van der Waals surface area contributed by atoms with E-state index in [9.17, 15) is 17.6 Å². The number of alkyl halides is 4. The Morgan fingerprint density at radius 3 is 2.00 bits per heavy atom. The molecule has 5 heteroatoms. The second-order valence-corrected chi connectivity index (χ2v) is 3.96. The molecule has 0 aromatic rings. The van der Waals surface area contributed by atoms with Crippen LogP contribution in [-0.2, 0) is 0 Å². The number of halogens is 4. The molecule has 0 aromatic heterocycles. The van der Waals surface area contributed by atoms with Crippen molar-refractivity contribution in [2.75, 3.05) is 6.54 Å². The highest BCUT2D eigenvalue weighted by molar-refractivity contribution is 4.81. The Labute approximate surface area is 80.7 Å². The predicted octanol–water partition coefficient (Wildman–Crippen LogP) is 2.65. The van der Waals surface area contributed by atoms with Gasteiger partial charge in [-0.2, -0.15) is 13.2 Å². The van der Waals surface area contributed by atoms with Crippen LogP contribution >= 0.6 is 0 Å². The van der Waals surface area contributed by atoms with Crippen LogP contribution in [0.4, 0.5) is 17.6 Å². The van der Waals surface area contributed by atoms with Crippen molar-refractivity contribution in [1.82, 2.24) is 0 Å². The molecule has 1 rings (SSSR count). The first-order chi connectivity index (χ1) is 6.45. The van der Waals surface area contributed by atoms with E-state index in [0.717, 1.165) is 0 Å². The minimum absolute atomic E-state index is 0.284. The SMILES string of the molecule is NCC1CCC(C(F)C(F)(F)F)CC1. The summed E-state index contributed by atoms with van der Waals surface area (Å²) in [4.78, 5) is 0. The molecule has 14 heavy (non-hydrogen) atoms. The molecule has 0 aliphatic heterocycles. The van der Waals surface area contributed by atoms with Crippen LogP contribution in [0.1, 0.15) is 25.7 Å². The molecule has 0 heterocycles. The van der Waals surface area contributed by atoms with Crippen molar-refractivity contribution in [3.05, 3.63) is 0 Å². The fourth-order valence-corrected chi connectivity index (χ4v) is 1.98. The molecule has 0 spiro atoms. The number of rotatable bonds is 2. The smallest absolute Gasteiger partial charge is 0.330 e. The number of nitrogens with two attached hydrogens (primary N) is 1. The molecule has 1 aliphatic carbocycles. The summed E-state index contributed by atoms with van der Waals surface area (Å²) in [6.45, 7) is 0.496. The zero-order chi connectivity index (χ0) is 10.8. The summed E-state index contributed by atoms with van der Waals surface area (Å²) in [5.41, 5.74) is 5.39. The van der Waals surface area contributed by atoms with E-state index >= 15 is 0 Å². The van der Waals surface area contributed by atoms with Gasteiger partial charge in [0.05, 0.1) is 0 Å². The van der Waals surface area contributed by atoms with Crippen LogP contribution < -0.4 is 5.73 Å². The molecule has 1 unspecified atom stereocenters.